The van der Waals surface area contributed by atoms with E-state index in [1.54, 1.807) is 0 Å². The fourth-order valence-corrected chi connectivity index (χ4v) is 11.0. The molecule has 0 bridgehead atoms. The number of allylic oxidation sites excluding steroid dienone is 2. The van der Waals surface area contributed by atoms with Crippen LogP contribution in [0.5, 0.6) is 0 Å². The van der Waals surface area contributed by atoms with E-state index in [0.29, 0.717) is 19.3 Å². The molecule has 0 aromatic heterocycles. The minimum Gasteiger partial charge on any atom is -0.462 e. The normalized spacial score (nSPS) is 12.0. The summed E-state index contributed by atoms with van der Waals surface area (Å²) in [5.74, 6) is -0.847. The van der Waals surface area contributed by atoms with Gasteiger partial charge in [0.05, 0.1) is 0 Å². The molecule has 0 spiro atoms. The largest absolute Gasteiger partial charge is 0.462 e. The summed E-state index contributed by atoms with van der Waals surface area (Å²) >= 11 is 0. The van der Waals surface area contributed by atoms with Crippen LogP contribution in [0.25, 0.3) is 0 Å². The molecule has 0 aromatic rings. The fraction of sp³-hybridized carbons (Fsp3) is 0.930. The third kappa shape index (κ3) is 64.9. The van der Waals surface area contributed by atoms with Gasteiger partial charge in [-0.1, -0.05) is 354 Å². The van der Waals surface area contributed by atoms with E-state index in [-0.39, 0.29) is 31.1 Å². The smallest absolute Gasteiger partial charge is 0.306 e. The molecule has 0 saturated heterocycles. The summed E-state index contributed by atoms with van der Waals surface area (Å²) < 4.78 is 16.8. The Bertz CT molecular complexity index is 1200. The Morgan fingerprint density at radius 2 is 0.429 bits per heavy atom. The Balaban J connectivity index is 3.87. The molecular weight excluding hydrogens is 949 g/mol. The van der Waals surface area contributed by atoms with Gasteiger partial charge in [0, 0.05) is 19.3 Å². The molecule has 0 radical (unpaired) electrons. The van der Waals surface area contributed by atoms with Crippen LogP contribution in [0, 0.1) is 0 Å². The van der Waals surface area contributed by atoms with Crippen LogP contribution in [0.4, 0.5) is 0 Å². The summed E-state index contributed by atoms with van der Waals surface area (Å²) in [4.78, 5) is 38.0. The number of ether oxygens (including phenoxy) is 3. The SMILES string of the molecule is CCCCCCCCCC/C=C\CCCCCCCCCCCCCCCCCCCCCCCC(=O)OCC(COC(=O)CCCCCCC)OC(=O)CCCCCCCCCCCCCCCCCCCCCCC. The van der Waals surface area contributed by atoms with E-state index in [1.165, 1.54) is 302 Å². The highest BCUT2D eigenvalue weighted by molar-refractivity contribution is 5.71. The van der Waals surface area contributed by atoms with Gasteiger partial charge in [0.2, 0.25) is 0 Å². The Labute approximate surface area is 481 Å². The van der Waals surface area contributed by atoms with Gasteiger partial charge in [0.15, 0.2) is 6.10 Å². The third-order valence-electron chi connectivity index (χ3n) is 16.3. The molecule has 0 aliphatic heterocycles. The van der Waals surface area contributed by atoms with Gasteiger partial charge in [-0.25, -0.2) is 0 Å². The third-order valence-corrected chi connectivity index (χ3v) is 16.3. The molecule has 0 aliphatic rings. The molecule has 1 unspecified atom stereocenters. The van der Waals surface area contributed by atoms with Gasteiger partial charge >= 0.3 is 17.9 Å². The van der Waals surface area contributed by atoms with E-state index < -0.39 is 6.10 Å². The number of esters is 3. The zero-order chi connectivity index (χ0) is 55.7. The summed E-state index contributed by atoms with van der Waals surface area (Å²) in [6, 6.07) is 0. The van der Waals surface area contributed by atoms with Crippen LogP contribution < -0.4 is 0 Å². The van der Waals surface area contributed by atoms with Crippen LogP contribution in [-0.4, -0.2) is 37.2 Å². The number of unbranched alkanes of at least 4 members (excludes halogenated alkanes) is 53. The quantitative estimate of drug-likeness (QED) is 0.0261. The standard InChI is InChI=1S/C71H136O6/c1-4-7-10-13-15-17-19-21-23-25-27-29-30-31-32-33-34-35-36-37-38-39-40-42-43-45-47-49-51-53-55-58-61-64-70(73)76-67-68(66-75-69(72)63-60-57-12-9-6-3)77-71(74)65-62-59-56-54-52-50-48-46-44-41-28-26-24-22-20-18-16-14-11-8-5-2/h25,27,68H,4-24,26,28-67H2,1-3H3/b27-25-. The summed E-state index contributed by atoms with van der Waals surface area (Å²) in [5.41, 5.74) is 0. The maximum Gasteiger partial charge on any atom is 0.306 e. The highest BCUT2D eigenvalue weighted by atomic mass is 16.6. The first kappa shape index (κ1) is 75.2. The van der Waals surface area contributed by atoms with Gasteiger partial charge in [-0.2, -0.15) is 0 Å². The van der Waals surface area contributed by atoms with Crippen LogP contribution in [0.3, 0.4) is 0 Å². The maximum absolute atomic E-state index is 12.8. The molecule has 6 heteroatoms. The molecule has 0 aromatic carbocycles. The van der Waals surface area contributed by atoms with Gasteiger partial charge in [0.25, 0.3) is 0 Å². The zero-order valence-electron chi connectivity index (χ0n) is 52.5. The van der Waals surface area contributed by atoms with Gasteiger partial charge in [-0.15, -0.1) is 0 Å². The highest BCUT2D eigenvalue weighted by Gasteiger charge is 2.19. The van der Waals surface area contributed by atoms with E-state index in [1.807, 2.05) is 0 Å². The molecule has 6 nitrogen and oxygen atoms in total. The van der Waals surface area contributed by atoms with E-state index in [2.05, 4.69) is 32.9 Å². The molecule has 0 saturated carbocycles. The molecule has 77 heavy (non-hydrogen) atoms. The summed E-state index contributed by atoms with van der Waals surface area (Å²) in [7, 11) is 0. The molecule has 0 amide bonds. The second-order valence-corrected chi connectivity index (χ2v) is 24.2. The van der Waals surface area contributed by atoms with E-state index in [9.17, 15) is 14.4 Å². The van der Waals surface area contributed by atoms with E-state index in [0.717, 1.165) is 64.2 Å². The Morgan fingerprint density at radius 3 is 0.649 bits per heavy atom. The van der Waals surface area contributed by atoms with Crippen LogP contribution in [0.1, 0.15) is 406 Å². The van der Waals surface area contributed by atoms with Crippen LogP contribution in [0.15, 0.2) is 12.2 Å². The number of rotatable bonds is 66. The summed E-state index contributed by atoms with van der Waals surface area (Å²) in [6.45, 7) is 6.64. The van der Waals surface area contributed by atoms with E-state index in [4.69, 9.17) is 14.2 Å². The zero-order valence-corrected chi connectivity index (χ0v) is 52.5. The van der Waals surface area contributed by atoms with Crippen molar-refractivity contribution in [3.05, 3.63) is 12.2 Å². The average Bonchev–Trinajstić information content (AvgIpc) is 3.43. The van der Waals surface area contributed by atoms with Crippen molar-refractivity contribution >= 4 is 17.9 Å². The van der Waals surface area contributed by atoms with Crippen molar-refractivity contribution in [1.82, 2.24) is 0 Å². The molecule has 0 rings (SSSR count). The second-order valence-electron chi connectivity index (χ2n) is 24.2. The number of carbonyl (C=O) groups excluding carboxylic acids is 3. The Hall–Kier alpha value is -1.85. The van der Waals surface area contributed by atoms with Crippen LogP contribution in [0.2, 0.25) is 0 Å². The first-order valence-electron chi connectivity index (χ1n) is 35.2. The monoisotopic (exact) mass is 1090 g/mol. The first-order valence-corrected chi connectivity index (χ1v) is 35.2. The lowest BCUT2D eigenvalue weighted by atomic mass is 10.0. The topological polar surface area (TPSA) is 78.9 Å². The summed E-state index contributed by atoms with van der Waals surface area (Å²) in [6.07, 6.45) is 80.3. The second kappa shape index (κ2) is 66.7. The first-order chi connectivity index (χ1) is 38.0. The molecule has 1 atom stereocenters. The lowest BCUT2D eigenvalue weighted by Gasteiger charge is -2.18. The molecule has 0 heterocycles. The predicted molar refractivity (Wildman–Crippen MR) is 335 cm³/mol. The van der Waals surface area contributed by atoms with Gasteiger partial charge in [-0.05, 0) is 44.9 Å². The summed E-state index contributed by atoms with van der Waals surface area (Å²) in [5, 5.41) is 0. The molecule has 0 N–H and O–H groups in total. The average molecular weight is 1090 g/mol. The van der Waals surface area contributed by atoms with Crippen molar-refractivity contribution in [3.8, 4) is 0 Å². The molecule has 456 valence electrons. The van der Waals surface area contributed by atoms with Crippen molar-refractivity contribution < 1.29 is 28.6 Å². The predicted octanol–water partition coefficient (Wildman–Crippen LogP) is 24.0. The van der Waals surface area contributed by atoms with Crippen molar-refractivity contribution in [2.45, 2.75) is 412 Å². The molecule has 0 aliphatic carbocycles. The Kier molecular flexibility index (Phi) is 65.1. The van der Waals surface area contributed by atoms with Crippen molar-refractivity contribution in [2.75, 3.05) is 13.2 Å². The van der Waals surface area contributed by atoms with Gasteiger partial charge in [-0.3, -0.25) is 14.4 Å². The lowest BCUT2D eigenvalue weighted by Crippen LogP contribution is -2.30. The number of hydrogen-bond donors (Lipinski definition) is 0. The van der Waals surface area contributed by atoms with Crippen LogP contribution >= 0.6 is 0 Å². The minimum atomic E-state index is -0.762. The lowest BCUT2D eigenvalue weighted by molar-refractivity contribution is -0.167. The molecular formula is C71H136O6. The maximum atomic E-state index is 12.8. The fourth-order valence-electron chi connectivity index (χ4n) is 11.0. The van der Waals surface area contributed by atoms with Gasteiger partial charge in [0.1, 0.15) is 13.2 Å². The minimum absolute atomic E-state index is 0.0635. The van der Waals surface area contributed by atoms with Crippen molar-refractivity contribution in [2.24, 2.45) is 0 Å². The van der Waals surface area contributed by atoms with Gasteiger partial charge < -0.3 is 14.2 Å². The Morgan fingerprint density at radius 1 is 0.247 bits per heavy atom. The van der Waals surface area contributed by atoms with E-state index >= 15 is 0 Å². The molecule has 0 fully saturated rings. The van der Waals surface area contributed by atoms with Crippen molar-refractivity contribution in [3.63, 3.8) is 0 Å². The number of hydrogen-bond acceptors (Lipinski definition) is 6. The highest BCUT2D eigenvalue weighted by Crippen LogP contribution is 2.19. The van der Waals surface area contributed by atoms with Crippen molar-refractivity contribution in [1.29, 1.82) is 0 Å². The number of carbonyl (C=O) groups is 3. The van der Waals surface area contributed by atoms with Crippen LogP contribution in [-0.2, 0) is 28.6 Å².